The molecule has 0 bridgehead atoms. The lowest BCUT2D eigenvalue weighted by Gasteiger charge is -2.18. The number of hydrogen-bond donors (Lipinski definition) is 0. The molecule has 0 aromatic heterocycles. The largest absolute Gasteiger partial charge is 0.0660 e. The molecule has 0 atom stereocenters. The van der Waals surface area contributed by atoms with E-state index in [9.17, 15) is 0 Å². The second-order valence-corrected chi connectivity index (χ2v) is 3.84. The van der Waals surface area contributed by atoms with Gasteiger partial charge in [-0.3, -0.25) is 0 Å². The first kappa shape index (κ1) is 7.14. The van der Waals surface area contributed by atoms with Gasteiger partial charge in [0.2, 0.25) is 0 Å². The lowest BCUT2D eigenvalue weighted by Crippen LogP contribution is -1.97. The van der Waals surface area contributed by atoms with Gasteiger partial charge >= 0.3 is 0 Å². The molecule has 0 heterocycles. The van der Waals surface area contributed by atoms with Gasteiger partial charge in [0.1, 0.15) is 0 Å². The molecule has 0 heteroatoms. The van der Waals surface area contributed by atoms with Gasteiger partial charge in [-0.25, -0.2) is 0 Å². The molecule has 64 valence electrons. The third-order valence-electron chi connectivity index (χ3n) is 2.83. The maximum absolute atomic E-state index is 2.36. The van der Waals surface area contributed by atoms with Crippen molar-refractivity contribution in [3.05, 3.63) is 53.1 Å². The molecule has 1 saturated carbocycles. The van der Waals surface area contributed by atoms with E-state index in [2.05, 4.69) is 36.4 Å². The average molecular weight is 168 g/mol. The zero-order valence-electron chi connectivity index (χ0n) is 7.59. The van der Waals surface area contributed by atoms with Crippen molar-refractivity contribution in [3.8, 4) is 0 Å². The Morgan fingerprint density at radius 1 is 0.923 bits per heavy atom. The van der Waals surface area contributed by atoms with E-state index in [0.29, 0.717) is 0 Å². The normalized spacial score (nSPS) is 19.5. The third kappa shape index (κ3) is 1.23. The number of rotatable bonds is 1. The quantitative estimate of drug-likeness (QED) is 0.601. The fourth-order valence-electron chi connectivity index (χ4n) is 1.83. The predicted molar refractivity (Wildman–Crippen MR) is 55.3 cm³/mol. The van der Waals surface area contributed by atoms with Crippen LogP contribution in [-0.4, -0.2) is 0 Å². The Morgan fingerprint density at radius 2 is 1.62 bits per heavy atom. The van der Waals surface area contributed by atoms with Crippen molar-refractivity contribution in [1.82, 2.24) is 0 Å². The van der Waals surface area contributed by atoms with E-state index < -0.39 is 0 Å². The predicted octanol–water partition coefficient (Wildman–Crippen LogP) is 3.56. The molecular formula is C13H12. The molecule has 0 amide bonds. The summed E-state index contributed by atoms with van der Waals surface area (Å²) in [6.45, 7) is 0. The van der Waals surface area contributed by atoms with Crippen LogP contribution in [0.4, 0.5) is 0 Å². The van der Waals surface area contributed by atoms with Crippen LogP contribution < -0.4 is 0 Å². The van der Waals surface area contributed by atoms with Crippen LogP contribution in [0.2, 0.25) is 0 Å². The Morgan fingerprint density at radius 3 is 2.23 bits per heavy atom. The second-order valence-electron chi connectivity index (χ2n) is 3.84. The van der Waals surface area contributed by atoms with Gasteiger partial charge in [-0.05, 0) is 36.0 Å². The first-order valence-electron chi connectivity index (χ1n) is 4.90. The monoisotopic (exact) mass is 168 g/mol. The summed E-state index contributed by atoms with van der Waals surface area (Å²) in [5.41, 5.74) is 6.21. The standard InChI is InChI=1S/C13H12/c1-2-4-10(5-3-1)12-8-13(9-12)11-6-7-11/h1-5,8H,6-7,9H2. The molecule has 2 aliphatic carbocycles. The van der Waals surface area contributed by atoms with Crippen molar-refractivity contribution in [2.24, 2.45) is 0 Å². The lowest BCUT2D eigenvalue weighted by molar-refractivity contribution is 1.20. The summed E-state index contributed by atoms with van der Waals surface area (Å²) in [5.74, 6) is 0. The molecule has 0 aliphatic heterocycles. The fourth-order valence-corrected chi connectivity index (χ4v) is 1.83. The molecular weight excluding hydrogens is 156 g/mol. The van der Waals surface area contributed by atoms with Crippen molar-refractivity contribution in [2.45, 2.75) is 19.3 Å². The third-order valence-corrected chi connectivity index (χ3v) is 2.83. The maximum Gasteiger partial charge on any atom is -0.00201 e. The van der Waals surface area contributed by atoms with Crippen molar-refractivity contribution in [1.29, 1.82) is 0 Å². The molecule has 1 aromatic rings. The summed E-state index contributed by atoms with van der Waals surface area (Å²) in [4.78, 5) is 0. The molecule has 2 aliphatic rings. The summed E-state index contributed by atoms with van der Waals surface area (Å²) in [7, 11) is 0. The zero-order chi connectivity index (χ0) is 8.67. The highest BCUT2D eigenvalue weighted by atomic mass is 14.3. The van der Waals surface area contributed by atoms with Crippen LogP contribution in [0.5, 0.6) is 0 Å². The first-order chi connectivity index (χ1) is 6.43. The number of benzene rings is 1. The Kier molecular flexibility index (Phi) is 1.42. The van der Waals surface area contributed by atoms with E-state index in [1.807, 2.05) is 0 Å². The topological polar surface area (TPSA) is 0 Å². The molecule has 0 N–H and O–H groups in total. The van der Waals surface area contributed by atoms with Crippen LogP contribution in [0, 0.1) is 0 Å². The highest BCUT2D eigenvalue weighted by Crippen LogP contribution is 2.42. The Hall–Kier alpha value is -1.30. The van der Waals surface area contributed by atoms with Gasteiger partial charge in [0, 0.05) is 0 Å². The minimum Gasteiger partial charge on any atom is -0.0660 e. The molecule has 0 spiro atoms. The van der Waals surface area contributed by atoms with E-state index in [4.69, 9.17) is 0 Å². The fraction of sp³-hybridized carbons (Fsp3) is 0.231. The van der Waals surface area contributed by atoms with Gasteiger partial charge in [-0.1, -0.05) is 42.0 Å². The molecule has 13 heavy (non-hydrogen) atoms. The van der Waals surface area contributed by atoms with Crippen LogP contribution in [0.3, 0.4) is 0 Å². The van der Waals surface area contributed by atoms with Crippen LogP contribution in [0.15, 0.2) is 47.6 Å². The minimum absolute atomic E-state index is 1.21. The lowest BCUT2D eigenvalue weighted by atomic mass is 9.87. The van der Waals surface area contributed by atoms with E-state index >= 15 is 0 Å². The maximum atomic E-state index is 2.36. The minimum atomic E-state index is 1.21. The number of hydrogen-bond acceptors (Lipinski definition) is 0. The van der Waals surface area contributed by atoms with Gasteiger partial charge in [0.05, 0.1) is 0 Å². The van der Waals surface area contributed by atoms with Gasteiger partial charge in [-0.2, -0.15) is 0 Å². The zero-order valence-corrected chi connectivity index (χ0v) is 7.59. The van der Waals surface area contributed by atoms with Gasteiger partial charge in [-0.15, -0.1) is 0 Å². The van der Waals surface area contributed by atoms with Crippen molar-refractivity contribution >= 4 is 5.57 Å². The van der Waals surface area contributed by atoms with Crippen LogP contribution in [0.1, 0.15) is 24.8 Å². The number of allylic oxidation sites excluding steroid dienone is 4. The molecule has 0 saturated heterocycles. The molecule has 1 aromatic carbocycles. The Balaban J connectivity index is 1.91. The summed E-state index contributed by atoms with van der Waals surface area (Å²) in [5, 5.41) is 0. The van der Waals surface area contributed by atoms with Crippen LogP contribution >= 0.6 is 0 Å². The molecule has 0 unspecified atom stereocenters. The van der Waals surface area contributed by atoms with Gasteiger partial charge < -0.3 is 0 Å². The smallest absolute Gasteiger partial charge is 0.00201 e. The van der Waals surface area contributed by atoms with Crippen LogP contribution in [-0.2, 0) is 0 Å². The van der Waals surface area contributed by atoms with Crippen molar-refractivity contribution in [2.75, 3.05) is 0 Å². The average Bonchev–Trinajstić information content (AvgIpc) is 2.88. The van der Waals surface area contributed by atoms with E-state index in [1.165, 1.54) is 30.4 Å². The SMILES string of the molecule is C1=C(c2ccccc2)CC1=C1CC1. The molecule has 1 fully saturated rings. The van der Waals surface area contributed by atoms with E-state index in [0.717, 1.165) is 0 Å². The Labute approximate surface area is 78.6 Å². The van der Waals surface area contributed by atoms with Crippen molar-refractivity contribution < 1.29 is 0 Å². The van der Waals surface area contributed by atoms with E-state index in [-0.39, 0.29) is 0 Å². The van der Waals surface area contributed by atoms with Crippen LogP contribution in [0.25, 0.3) is 5.57 Å². The van der Waals surface area contributed by atoms with E-state index in [1.54, 1.807) is 11.1 Å². The van der Waals surface area contributed by atoms with Gasteiger partial charge in [0.15, 0.2) is 0 Å². The molecule has 0 nitrogen and oxygen atoms in total. The summed E-state index contributed by atoms with van der Waals surface area (Å²) < 4.78 is 0. The summed E-state index contributed by atoms with van der Waals surface area (Å²) in [6, 6.07) is 10.7. The highest BCUT2D eigenvalue weighted by molar-refractivity contribution is 5.78. The second kappa shape index (κ2) is 2.59. The molecule has 0 radical (unpaired) electrons. The summed E-state index contributed by atoms with van der Waals surface area (Å²) in [6.07, 6.45) is 6.28. The molecule has 3 rings (SSSR count). The Bertz CT molecular complexity index is 387. The van der Waals surface area contributed by atoms with Gasteiger partial charge in [0.25, 0.3) is 0 Å². The first-order valence-corrected chi connectivity index (χ1v) is 4.90. The summed E-state index contributed by atoms with van der Waals surface area (Å²) >= 11 is 0. The van der Waals surface area contributed by atoms with Crippen molar-refractivity contribution in [3.63, 3.8) is 0 Å². The highest BCUT2D eigenvalue weighted by Gasteiger charge is 2.22.